The molecule has 0 bridgehead atoms. The summed E-state index contributed by atoms with van der Waals surface area (Å²) in [6.45, 7) is 10.3. The third-order valence-electron chi connectivity index (χ3n) is 12.7. The average molecular weight is 1200 g/mol. The summed E-state index contributed by atoms with van der Waals surface area (Å²) in [5.74, 6) is 0.335. The number of carbonyl (C=O) groups is 2. The molecule has 26 heteroatoms. The molecule has 1 fully saturated rings. The molecule has 0 unspecified atom stereocenters. The molecule has 462 valence electrons. The maximum absolute atomic E-state index is 12.9. The van der Waals surface area contributed by atoms with E-state index in [9.17, 15) is 31.5 Å². The number of carbonyl (C=O) groups excluding carboxylic acids is 2. The van der Waals surface area contributed by atoms with Crippen molar-refractivity contribution in [3.8, 4) is 11.5 Å². The third-order valence-corrected chi connectivity index (χ3v) is 15.6. The quantitative estimate of drug-likeness (QED) is 0.0508. The highest BCUT2D eigenvalue weighted by atomic mass is 32.2. The molecular formula is C56H87N5O19S2. The van der Waals surface area contributed by atoms with Gasteiger partial charge in [-0.3, -0.25) is 14.5 Å². The van der Waals surface area contributed by atoms with E-state index < -0.39 is 20.0 Å². The van der Waals surface area contributed by atoms with E-state index in [1.165, 1.54) is 54.7 Å². The number of ether oxygens (including phenoxy) is 12. The van der Waals surface area contributed by atoms with E-state index in [2.05, 4.69) is 43.2 Å². The highest BCUT2D eigenvalue weighted by molar-refractivity contribution is 7.89. The van der Waals surface area contributed by atoms with Gasteiger partial charge in [0, 0.05) is 39.0 Å². The lowest BCUT2D eigenvalue weighted by atomic mass is 10.0. The summed E-state index contributed by atoms with van der Waals surface area (Å²) in [6.07, 6.45) is 4.94. The Balaban J connectivity index is 0.688. The van der Waals surface area contributed by atoms with Crippen LogP contribution in [0.1, 0.15) is 49.3 Å². The number of nitrogens with zero attached hydrogens (tertiary/aromatic N) is 1. The summed E-state index contributed by atoms with van der Waals surface area (Å²) < 4.78 is 122. The first kappa shape index (κ1) is 68.3. The van der Waals surface area contributed by atoms with Gasteiger partial charge in [-0.05, 0) is 92.0 Å². The van der Waals surface area contributed by atoms with Crippen LogP contribution in [0.4, 0.5) is 0 Å². The van der Waals surface area contributed by atoms with Crippen molar-refractivity contribution in [3.63, 3.8) is 0 Å². The summed E-state index contributed by atoms with van der Waals surface area (Å²) in [5.41, 5.74) is 2.51. The number of benzene rings is 3. The largest absolute Gasteiger partial charge is 0.508 e. The molecule has 1 aliphatic carbocycles. The van der Waals surface area contributed by atoms with Gasteiger partial charge in [-0.25, -0.2) is 26.3 Å². The van der Waals surface area contributed by atoms with E-state index in [0.29, 0.717) is 131 Å². The van der Waals surface area contributed by atoms with Crippen molar-refractivity contribution in [2.45, 2.75) is 60.5 Å². The molecule has 0 saturated carbocycles. The maximum Gasteiger partial charge on any atom is 0.240 e. The van der Waals surface area contributed by atoms with Crippen LogP contribution in [0.3, 0.4) is 0 Å². The molecule has 2 aliphatic rings. The minimum atomic E-state index is -3.73. The number of hydrogen-bond acceptors (Lipinski definition) is 20. The van der Waals surface area contributed by atoms with Gasteiger partial charge < -0.3 is 72.6 Å². The molecule has 1 heterocycles. The van der Waals surface area contributed by atoms with Crippen LogP contribution in [0.25, 0.3) is 0 Å². The Morgan fingerprint density at radius 1 is 0.451 bits per heavy atom. The molecule has 2 atom stereocenters. The molecule has 5 N–H and O–H groups in total. The van der Waals surface area contributed by atoms with E-state index in [1.54, 1.807) is 24.3 Å². The maximum atomic E-state index is 12.9. The van der Waals surface area contributed by atoms with Crippen molar-refractivity contribution in [3.05, 3.63) is 83.9 Å². The topological polar surface area (TPSA) is 285 Å². The van der Waals surface area contributed by atoms with Crippen LogP contribution in [-0.4, -0.2) is 229 Å². The second-order valence-corrected chi connectivity index (χ2v) is 22.3. The molecule has 0 aromatic heterocycles. The predicted molar refractivity (Wildman–Crippen MR) is 302 cm³/mol. The van der Waals surface area contributed by atoms with E-state index in [4.69, 9.17) is 56.8 Å². The van der Waals surface area contributed by atoms with Crippen molar-refractivity contribution in [2.75, 3.05) is 185 Å². The van der Waals surface area contributed by atoms with Gasteiger partial charge in [0.05, 0.1) is 161 Å². The minimum absolute atomic E-state index is 0.0153. The SMILES string of the molecule is O=C(CCOCCOCCOCCOCCOCCC(=O)NCCOCCOCCOCCNS(=O)(=O)c1ccc(O[C@H]2c3ccccc3C[C@@H]2N2CCCCC2)cc1)NCCOCCOCCOCCNS(=O)(=O)c1ccc(O)cc1. The molecule has 3 aromatic carbocycles. The lowest BCUT2D eigenvalue weighted by Crippen LogP contribution is -2.43. The van der Waals surface area contributed by atoms with Crippen molar-refractivity contribution in [1.29, 1.82) is 0 Å². The zero-order valence-corrected chi connectivity index (χ0v) is 48.8. The summed E-state index contributed by atoms with van der Waals surface area (Å²) >= 11 is 0. The van der Waals surface area contributed by atoms with Gasteiger partial charge in [0.2, 0.25) is 31.9 Å². The zero-order chi connectivity index (χ0) is 58.2. The first-order valence-corrected chi connectivity index (χ1v) is 31.2. The number of amides is 2. The number of phenols is 1. The van der Waals surface area contributed by atoms with Crippen LogP contribution >= 0.6 is 0 Å². The van der Waals surface area contributed by atoms with Crippen LogP contribution in [0.5, 0.6) is 11.5 Å². The Morgan fingerprint density at radius 3 is 1.24 bits per heavy atom. The second kappa shape index (κ2) is 41.5. The monoisotopic (exact) mass is 1200 g/mol. The van der Waals surface area contributed by atoms with Gasteiger partial charge in [-0.1, -0.05) is 30.7 Å². The molecule has 3 aromatic rings. The van der Waals surface area contributed by atoms with Gasteiger partial charge in [0.1, 0.15) is 17.6 Å². The molecule has 5 rings (SSSR count). The highest BCUT2D eigenvalue weighted by Gasteiger charge is 2.38. The molecule has 0 spiro atoms. The summed E-state index contributed by atoms with van der Waals surface area (Å²) in [7, 11) is -7.40. The molecule has 82 heavy (non-hydrogen) atoms. The molecule has 0 radical (unpaired) electrons. The van der Waals surface area contributed by atoms with Gasteiger partial charge in [-0.2, -0.15) is 0 Å². The van der Waals surface area contributed by atoms with Crippen molar-refractivity contribution < 1.29 is 88.4 Å². The van der Waals surface area contributed by atoms with E-state index in [1.807, 2.05) is 6.07 Å². The fourth-order valence-electron chi connectivity index (χ4n) is 8.48. The third kappa shape index (κ3) is 28.9. The second-order valence-electron chi connectivity index (χ2n) is 18.8. The molecule has 1 aliphatic heterocycles. The zero-order valence-electron chi connectivity index (χ0n) is 47.2. The van der Waals surface area contributed by atoms with Crippen LogP contribution in [-0.2, 0) is 88.2 Å². The fraction of sp³-hybridized carbons (Fsp3) is 0.643. The smallest absolute Gasteiger partial charge is 0.240 e. The number of nitrogens with one attached hydrogen (secondary N) is 4. The standard InChI is InChI=1S/C56H87N5O19S2/c62-48-8-12-50(13-9-48)81(65,66)59-20-28-73-34-40-77-38-32-71-26-18-57-54(63)16-24-69-30-36-75-42-44-79-45-43-76-37-31-70-25-17-55(64)58-19-27-72-33-39-78-41-35-74-29-21-60-82(67,68)51-14-10-49(11-15-51)80-56-52-7-3-2-6-47(52)46-53(56)61-22-4-1-5-23-61/h2-3,6-15,53,56,59-60,62H,1,4-5,16-46H2,(H,57,63)(H,58,64)/t53-,56-/m0/s1. The Bertz CT molecular complexity index is 2410. The highest BCUT2D eigenvalue weighted by Crippen LogP contribution is 2.39. The number of sulfonamides is 2. The number of phenolic OH excluding ortho intramolecular Hbond substituents is 1. The normalized spacial score (nSPS) is 15.6. The van der Waals surface area contributed by atoms with Crippen molar-refractivity contribution >= 4 is 31.9 Å². The lowest BCUT2D eigenvalue weighted by Gasteiger charge is -2.35. The first-order valence-electron chi connectivity index (χ1n) is 28.3. The van der Waals surface area contributed by atoms with Gasteiger partial charge in [0.25, 0.3) is 0 Å². The number of aromatic hydroxyl groups is 1. The summed E-state index contributed by atoms with van der Waals surface area (Å²) in [4.78, 5) is 26.8. The number of piperidine rings is 1. The van der Waals surface area contributed by atoms with Gasteiger partial charge in [-0.15, -0.1) is 0 Å². The Morgan fingerprint density at radius 2 is 0.817 bits per heavy atom. The van der Waals surface area contributed by atoms with Crippen molar-refractivity contribution in [1.82, 2.24) is 25.0 Å². The molecule has 2 amide bonds. The minimum Gasteiger partial charge on any atom is -0.508 e. The van der Waals surface area contributed by atoms with Crippen molar-refractivity contribution in [2.24, 2.45) is 0 Å². The average Bonchev–Trinajstić information content (AvgIpc) is 3.66. The van der Waals surface area contributed by atoms with Gasteiger partial charge in [0.15, 0.2) is 0 Å². The summed E-state index contributed by atoms with van der Waals surface area (Å²) in [6, 6.07) is 20.5. The van der Waals surface area contributed by atoms with E-state index >= 15 is 0 Å². The van der Waals surface area contributed by atoms with Crippen LogP contribution < -0.4 is 24.8 Å². The van der Waals surface area contributed by atoms with Crippen LogP contribution in [0, 0.1) is 0 Å². The summed E-state index contributed by atoms with van der Waals surface area (Å²) in [5, 5.41) is 14.8. The first-order chi connectivity index (χ1) is 40.0. The van der Waals surface area contributed by atoms with E-state index in [0.717, 1.165) is 19.5 Å². The number of rotatable bonds is 49. The Kier molecular flexibility index (Phi) is 34.6. The van der Waals surface area contributed by atoms with Gasteiger partial charge >= 0.3 is 0 Å². The Hall–Kier alpha value is -4.46. The predicted octanol–water partition coefficient (Wildman–Crippen LogP) is 2.37. The molecule has 1 saturated heterocycles. The fourth-order valence-corrected chi connectivity index (χ4v) is 10.5. The molecular weight excluding hydrogens is 1110 g/mol. The Labute approximate surface area is 483 Å². The van der Waals surface area contributed by atoms with Crippen LogP contribution in [0.2, 0.25) is 0 Å². The van der Waals surface area contributed by atoms with Crippen LogP contribution in [0.15, 0.2) is 82.6 Å². The van der Waals surface area contributed by atoms with E-state index in [-0.39, 0.29) is 98.5 Å². The number of hydrogen-bond donors (Lipinski definition) is 5. The number of likely N-dealkylation sites (tertiary alicyclic amines) is 1. The molecule has 24 nitrogen and oxygen atoms in total. The number of fused-ring (bicyclic) bond motifs is 1. The lowest BCUT2D eigenvalue weighted by molar-refractivity contribution is -0.123.